The molecule has 0 saturated carbocycles. The highest BCUT2D eigenvalue weighted by molar-refractivity contribution is 8.18. The summed E-state index contributed by atoms with van der Waals surface area (Å²) in [6.07, 6.45) is 5.03. The van der Waals surface area contributed by atoms with Gasteiger partial charge in [-0.05, 0) is 61.2 Å². The van der Waals surface area contributed by atoms with E-state index < -0.39 is 17.1 Å². The average molecular weight is 447 g/mol. The number of amides is 3. The second kappa shape index (κ2) is 10.6. The van der Waals surface area contributed by atoms with Gasteiger partial charge in [0.15, 0.2) is 0 Å². The number of carbonyl (C=O) groups is 4. The number of rotatable bonds is 7. The summed E-state index contributed by atoms with van der Waals surface area (Å²) in [6.45, 7) is 0.709. The SMILES string of the molecule is COC(=O)c1ccc(C=C2SC(=O)N(CCC(=O)N3CCCCC3CCO)C2=O)cc1. The van der Waals surface area contributed by atoms with Crippen molar-refractivity contribution >= 4 is 40.9 Å². The third kappa shape index (κ3) is 5.54. The van der Waals surface area contributed by atoms with Crippen molar-refractivity contribution in [3.05, 3.63) is 40.3 Å². The maximum Gasteiger partial charge on any atom is 0.337 e. The van der Waals surface area contributed by atoms with Crippen LogP contribution in [0, 0.1) is 0 Å². The fourth-order valence-electron chi connectivity index (χ4n) is 3.81. The minimum Gasteiger partial charge on any atom is -0.465 e. The van der Waals surface area contributed by atoms with Crippen LogP contribution in [0.3, 0.4) is 0 Å². The van der Waals surface area contributed by atoms with Crippen molar-refractivity contribution in [1.82, 2.24) is 9.80 Å². The molecular formula is C22H26N2O6S. The van der Waals surface area contributed by atoms with Gasteiger partial charge in [0.2, 0.25) is 5.91 Å². The lowest BCUT2D eigenvalue weighted by Gasteiger charge is -2.36. The van der Waals surface area contributed by atoms with Crippen LogP contribution in [-0.2, 0) is 14.3 Å². The molecule has 0 aliphatic carbocycles. The van der Waals surface area contributed by atoms with Crippen molar-refractivity contribution in [2.45, 2.75) is 38.1 Å². The fourth-order valence-corrected chi connectivity index (χ4v) is 4.67. The molecule has 1 N–H and O–H groups in total. The number of methoxy groups -OCH3 is 1. The van der Waals surface area contributed by atoms with Crippen LogP contribution in [0.2, 0.25) is 0 Å². The van der Waals surface area contributed by atoms with E-state index in [2.05, 4.69) is 4.74 Å². The highest BCUT2D eigenvalue weighted by Crippen LogP contribution is 2.32. The number of hydrogen-bond donors (Lipinski definition) is 1. The largest absolute Gasteiger partial charge is 0.465 e. The molecule has 1 unspecified atom stereocenters. The number of thioether (sulfide) groups is 1. The molecule has 0 radical (unpaired) electrons. The number of imide groups is 1. The summed E-state index contributed by atoms with van der Waals surface area (Å²) in [5.41, 5.74) is 1.07. The Morgan fingerprint density at radius 1 is 1.23 bits per heavy atom. The molecule has 2 saturated heterocycles. The zero-order valence-corrected chi connectivity index (χ0v) is 18.2. The number of piperidine rings is 1. The van der Waals surface area contributed by atoms with Gasteiger partial charge in [0.25, 0.3) is 11.1 Å². The highest BCUT2D eigenvalue weighted by Gasteiger charge is 2.36. The Morgan fingerprint density at radius 2 is 1.97 bits per heavy atom. The Hall–Kier alpha value is -2.65. The lowest BCUT2D eigenvalue weighted by molar-refractivity contribution is -0.135. The average Bonchev–Trinajstić information content (AvgIpc) is 3.05. The van der Waals surface area contributed by atoms with E-state index in [1.54, 1.807) is 35.2 Å². The zero-order chi connectivity index (χ0) is 22.4. The van der Waals surface area contributed by atoms with Crippen molar-refractivity contribution in [1.29, 1.82) is 0 Å². The van der Waals surface area contributed by atoms with Gasteiger partial charge in [-0.3, -0.25) is 19.3 Å². The van der Waals surface area contributed by atoms with Crippen LogP contribution in [0.25, 0.3) is 6.08 Å². The molecule has 1 aromatic carbocycles. The molecule has 9 heteroatoms. The number of aliphatic hydroxyl groups excluding tert-OH is 1. The minimum atomic E-state index is -0.452. The van der Waals surface area contributed by atoms with Crippen LogP contribution >= 0.6 is 11.8 Å². The van der Waals surface area contributed by atoms with Crippen LogP contribution < -0.4 is 0 Å². The van der Waals surface area contributed by atoms with Crippen molar-refractivity contribution in [2.75, 3.05) is 26.8 Å². The molecule has 0 bridgehead atoms. The number of nitrogens with zero attached hydrogens (tertiary/aromatic N) is 2. The van der Waals surface area contributed by atoms with Crippen LogP contribution in [0.4, 0.5) is 4.79 Å². The molecule has 166 valence electrons. The minimum absolute atomic E-state index is 0.0222. The van der Waals surface area contributed by atoms with Gasteiger partial charge < -0.3 is 14.7 Å². The molecule has 31 heavy (non-hydrogen) atoms. The Morgan fingerprint density at radius 3 is 2.65 bits per heavy atom. The van der Waals surface area contributed by atoms with Crippen molar-refractivity contribution in [2.24, 2.45) is 0 Å². The summed E-state index contributed by atoms with van der Waals surface area (Å²) in [4.78, 5) is 52.4. The number of hydrogen-bond acceptors (Lipinski definition) is 7. The summed E-state index contributed by atoms with van der Waals surface area (Å²) < 4.78 is 4.66. The predicted molar refractivity (Wildman–Crippen MR) is 116 cm³/mol. The van der Waals surface area contributed by atoms with Gasteiger partial charge in [-0.15, -0.1) is 0 Å². The Labute approximate surface area is 185 Å². The number of benzene rings is 1. The molecule has 0 spiro atoms. The van der Waals surface area contributed by atoms with Gasteiger partial charge in [0.1, 0.15) is 0 Å². The Balaban J connectivity index is 1.61. The summed E-state index contributed by atoms with van der Waals surface area (Å²) in [6, 6.07) is 6.53. The third-order valence-corrected chi connectivity index (χ3v) is 6.37. The molecule has 2 aliphatic rings. The maximum atomic E-state index is 12.7. The fraction of sp³-hybridized carbons (Fsp3) is 0.455. The van der Waals surface area contributed by atoms with Crippen molar-refractivity contribution in [3.8, 4) is 0 Å². The molecule has 3 amide bonds. The lowest BCUT2D eigenvalue weighted by atomic mass is 9.99. The van der Waals surface area contributed by atoms with Crippen molar-refractivity contribution in [3.63, 3.8) is 0 Å². The molecule has 2 fully saturated rings. The van der Waals surface area contributed by atoms with E-state index >= 15 is 0 Å². The molecule has 3 rings (SSSR count). The second-order valence-electron chi connectivity index (χ2n) is 7.45. The number of aliphatic hydroxyl groups is 1. The van der Waals surface area contributed by atoms with Gasteiger partial charge in [-0.2, -0.15) is 0 Å². The van der Waals surface area contributed by atoms with Crippen molar-refractivity contribution < 1.29 is 29.0 Å². The Kier molecular flexibility index (Phi) is 7.86. The van der Waals surface area contributed by atoms with Gasteiger partial charge in [-0.25, -0.2) is 4.79 Å². The standard InChI is InChI=1S/C22H26N2O6S/c1-30-21(28)16-7-5-15(6-8-16)14-18-20(27)24(22(29)31-18)12-9-19(26)23-11-3-2-4-17(23)10-13-25/h5-8,14,17,25H,2-4,9-13H2,1H3. The third-order valence-electron chi connectivity index (χ3n) is 5.46. The first kappa shape index (κ1) is 23.0. The molecule has 2 heterocycles. The number of likely N-dealkylation sites (tertiary alicyclic amines) is 1. The molecule has 8 nitrogen and oxygen atoms in total. The van der Waals surface area contributed by atoms with E-state index in [-0.39, 0.29) is 36.4 Å². The molecule has 1 atom stereocenters. The van der Waals surface area contributed by atoms with Gasteiger partial charge in [0, 0.05) is 32.2 Å². The van der Waals surface area contributed by atoms with E-state index in [4.69, 9.17) is 0 Å². The monoisotopic (exact) mass is 446 g/mol. The van der Waals surface area contributed by atoms with Crippen LogP contribution in [0.5, 0.6) is 0 Å². The van der Waals surface area contributed by atoms with E-state index in [0.717, 1.165) is 35.9 Å². The normalized spacial score (nSPS) is 20.5. The number of carbonyl (C=O) groups excluding carboxylic acids is 4. The zero-order valence-electron chi connectivity index (χ0n) is 17.4. The van der Waals surface area contributed by atoms with E-state index in [1.165, 1.54) is 7.11 Å². The number of ether oxygens (including phenoxy) is 1. The molecule has 1 aromatic rings. The van der Waals surface area contributed by atoms with Crippen LogP contribution in [0.1, 0.15) is 48.0 Å². The summed E-state index contributed by atoms with van der Waals surface area (Å²) in [5.74, 6) is -0.976. The summed E-state index contributed by atoms with van der Waals surface area (Å²) in [7, 11) is 1.30. The lowest BCUT2D eigenvalue weighted by Crippen LogP contribution is -2.45. The van der Waals surface area contributed by atoms with Crippen LogP contribution in [0.15, 0.2) is 29.2 Å². The van der Waals surface area contributed by atoms with E-state index in [1.807, 2.05) is 0 Å². The first-order valence-corrected chi connectivity index (χ1v) is 11.1. The summed E-state index contributed by atoms with van der Waals surface area (Å²) >= 11 is 0.837. The molecule has 2 aliphatic heterocycles. The topological polar surface area (TPSA) is 104 Å². The van der Waals surface area contributed by atoms with Gasteiger partial charge in [0.05, 0.1) is 17.6 Å². The highest BCUT2D eigenvalue weighted by atomic mass is 32.2. The smallest absolute Gasteiger partial charge is 0.337 e. The Bertz CT molecular complexity index is 880. The molecular weight excluding hydrogens is 420 g/mol. The predicted octanol–water partition coefficient (Wildman–Crippen LogP) is 2.66. The summed E-state index contributed by atoms with van der Waals surface area (Å²) in [5, 5.41) is 8.83. The number of esters is 1. The van der Waals surface area contributed by atoms with Gasteiger partial charge >= 0.3 is 5.97 Å². The van der Waals surface area contributed by atoms with Crippen LogP contribution in [-0.4, -0.2) is 70.8 Å². The van der Waals surface area contributed by atoms with E-state index in [9.17, 15) is 24.3 Å². The maximum absolute atomic E-state index is 12.7. The van der Waals surface area contributed by atoms with Gasteiger partial charge in [-0.1, -0.05) is 12.1 Å². The molecule has 0 aromatic heterocycles. The second-order valence-corrected chi connectivity index (χ2v) is 8.44. The quantitative estimate of drug-likeness (QED) is 0.507. The first-order valence-electron chi connectivity index (χ1n) is 10.3. The first-order chi connectivity index (χ1) is 14.9. The van der Waals surface area contributed by atoms with E-state index in [0.29, 0.717) is 24.1 Å².